The molecule has 5 heteroatoms. The summed E-state index contributed by atoms with van der Waals surface area (Å²) in [6.07, 6.45) is 8.64. The highest BCUT2D eigenvalue weighted by Gasteiger charge is 2.46. The Morgan fingerprint density at radius 3 is 2.38 bits per heavy atom. The molecule has 2 bridgehead atoms. The van der Waals surface area contributed by atoms with Crippen molar-refractivity contribution < 1.29 is 9.53 Å². The van der Waals surface area contributed by atoms with Crippen molar-refractivity contribution in [1.82, 2.24) is 4.90 Å². The van der Waals surface area contributed by atoms with Gasteiger partial charge in [0, 0.05) is 7.05 Å². The zero-order valence-corrected chi connectivity index (χ0v) is 20.9. The minimum absolute atomic E-state index is 0.220. The monoisotopic (exact) mass is 452 g/mol. The quantitative estimate of drug-likeness (QED) is 0.525. The lowest BCUT2D eigenvalue weighted by Crippen LogP contribution is -2.39. The Kier molecular flexibility index (Phi) is 6.63. The summed E-state index contributed by atoms with van der Waals surface area (Å²) in [5.74, 6) is 2.00. The molecule has 4 rings (SSSR count). The van der Waals surface area contributed by atoms with Gasteiger partial charge in [0.15, 0.2) is 0 Å². The van der Waals surface area contributed by atoms with Crippen molar-refractivity contribution in [2.24, 2.45) is 17.8 Å². The summed E-state index contributed by atoms with van der Waals surface area (Å²) < 4.78 is 5.39. The van der Waals surface area contributed by atoms with Crippen LogP contribution < -0.4 is 0 Å². The number of carbonyl (C=O) groups excluding carboxylic acids is 1. The van der Waals surface area contributed by atoms with Crippen molar-refractivity contribution >= 4 is 17.7 Å². The smallest absolute Gasteiger partial charge is 0.329 e. The van der Waals surface area contributed by atoms with Gasteiger partial charge in [-0.25, -0.2) is 4.79 Å². The third kappa shape index (κ3) is 4.07. The fourth-order valence-corrected chi connectivity index (χ4v) is 7.78. The minimum atomic E-state index is -0.496. The Morgan fingerprint density at radius 1 is 1.22 bits per heavy atom. The average Bonchev–Trinajstić information content (AvgIpc) is 3.04. The van der Waals surface area contributed by atoms with E-state index < -0.39 is 6.04 Å². The number of carbonyl (C=O) groups is 1. The first-order chi connectivity index (χ1) is 15.3. The summed E-state index contributed by atoms with van der Waals surface area (Å²) in [6, 6.07) is 10.7. The lowest BCUT2D eigenvalue weighted by atomic mass is 9.57. The van der Waals surface area contributed by atoms with Gasteiger partial charge in [0.1, 0.15) is 6.04 Å². The van der Waals surface area contributed by atoms with E-state index in [1.807, 2.05) is 25.1 Å². The highest BCUT2D eigenvalue weighted by Crippen LogP contribution is 2.51. The summed E-state index contributed by atoms with van der Waals surface area (Å²) in [4.78, 5) is 14.8. The van der Waals surface area contributed by atoms with Crippen molar-refractivity contribution in [1.29, 1.82) is 5.26 Å². The zero-order chi connectivity index (χ0) is 23.0. The van der Waals surface area contributed by atoms with Gasteiger partial charge in [-0.3, -0.25) is 0 Å². The summed E-state index contributed by atoms with van der Waals surface area (Å²) in [6.45, 7) is 7.02. The Hall–Kier alpha value is -1.93. The fraction of sp³-hybridized carbons (Fsp3) is 0.630. The van der Waals surface area contributed by atoms with E-state index in [2.05, 4.69) is 44.2 Å². The first kappa shape index (κ1) is 23.2. The first-order valence-electron chi connectivity index (χ1n) is 12.0. The molecule has 0 saturated heterocycles. The van der Waals surface area contributed by atoms with Crippen molar-refractivity contribution in [3.8, 4) is 6.07 Å². The highest BCUT2D eigenvalue weighted by atomic mass is 32.2. The van der Waals surface area contributed by atoms with E-state index >= 15 is 0 Å². The van der Waals surface area contributed by atoms with Crippen molar-refractivity contribution in [3.05, 3.63) is 46.0 Å². The van der Waals surface area contributed by atoms with Gasteiger partial charge in [0.05, 0.1) is 29.2 Å². The van der Waals surface area contributed by atoms with Crippen LogP contribution in [0, 0.1) is 29.1 Å². The molecular weight excluding hydrogens is 416 g/mol. The summed E-state index contributed by atoms with van der Waals surface area (Å²) in [5, 5.41) is 10.8. The van der Waals surface area contributed by atoms with E-state index in [4.69, 9.17) is 4.74 Å². The molecule has 4 nitrogen and oxygen atoms in total. The first-order valence-corrected chi connectivity index (χ1v) is 13.2. The maximum absolute atomic E-state index is 12.9. The van der Waals surface area contributed by atoms with Gasteiger partial charge in [-0.15, -0.1) is 11.8 Å². The van der Waals surface area contributed by atoms with Gasteiger partial charge in [-0.1, -0.05) is 38.1 Å². The van der Waals surface area contributed by atoms with E-state index in [9.17, 15) is 10.1 Å². The SMILES string of the molecule is CCOC(=O)C1C(c2ccc(C3(C)C[C@@H]4CC(C)C[C@@H](C4)C3)cc2)C(C#N)=C(SC)N1C. The molecule has 172 valence electrons. The van der Waals surface area contributed by atoms with Crippen molar-refractivity contribution in [2.45, 2.75) is 70.3 Å². The third-order valence-electron chi connectivity index (χ3n) is 8.02. The number of likely N-dealkylation sites (N-methyl/N-ethyl adjacent to an activating group) is 1. The second-order valence-electron chi connectivity index (χ2n) is 10.5. The van der Waals surface area contributed by atoms with Crippen molar-refractivity contribution in [2.75, 3.05) is 19.9 Å². The third-order valence-corrected chi connectivity index (χ3v) is 8.91. The molecule has 0 amide bonds. The number of fused-ring (bicyclic) bond motifs is 2. The molecule has 3 aliphatic rings. The lowest BCUT2D eigenvalue weighted by Gasteiger charge is -2.47. The number of thioether (sulfide) groups is 1. The highest BCUT2D eigenvalue weighted by molar-refractivity contribution is 8.02. The summed E-state index contributed by atoms with van der Waals surface area (Å²) >= 11 is 1.52. The molecular formula is C27H36N2O2S. The molecule has 0 radical (unpaired) electrons. The molecule has 0 aromatic heterocycles. The normalized spacial score (nSPS) is 34.4. The Bertz CT molecular complexity index is 914. The van der Waals surface area contributed by atoms with Gasteiger partial charge >= 0.3 is 5.97 Å². The average molecular weight is 453 g/mol. The zero-order valence-electron chi connectivity index (χ0n) is 20.1. The molecule has 1 aliphatic heterocycles. The predicted octanol–water partition coefficient (Wildman–Crippen LogP) is 5.85. The minimum Gasteiger partial charge on any atom is -0.464 e. The van der Waals surface area contributed by atoms with E-state index in [-0.39, 0.29) is 17.3 Å². The van der Waals surface area contributed by atoms with Crippen LogP contribution in [0.2, 0.25) is 0 Å². The molecule has 4 unspecified atom stereocenters. The summed E-state index contributed by atoms with van der Waals surface area (Å²) in [5.41, 5.74) is 3.31. The van der Waals surface area contributed by atoms with Crippen LogP contribution in [0.3, 0.4) is 0 Å². The largest absolute Gasteiger partial charge is 0.464 e. The molecule has 6 atom stereocenters. The van der Waals surface area contributed by atoms with E-state index in [1.54, 1.807) is 0 Å². The predicted molar refractivity (Wildman–Crippen MR) is 130 cm³/mol. The molecule has 1 aromatic rings. The number of rotatable bonds is 5. The standard InChI is InChI=1S/C27H36N2O2S/c1-6-31-26(30)24-23(22(16-28)25(32-5)29(24)4)20-7-9-21(10-8-20)27(3)14-18-11-17(2)12-19(13-18)15-27/h7-10,17-19,23-24H,6,11-15H2,1-5H3/t17?,18-,19+,23?,24?,27?. The lowest BCUT2D eigenvalue weighted by molar-refractivity contribution is -0.148. The van der Waals surface area contributed by atoms with Gasteiger partial charge in [0.2, 0.25) is 0 Å². The van der Waals surface area contributed by atoms with E-state index in [0.717, 1.165) is 28.3 Å². The van der Waals surface area contributed by atoms with Crippen LogP contribution in [0.25, 0.3) is 0 Å². The number of benzene rings is 1. The Balaban J connectivity index is 1.64. The molecule has 0 N–H and O–H groups in total. The van der Waals surface area contributed by atoms with E-state index in [0.29, 0.717) is 12.2 Å². The van der Waals surface area contributed by atoms with Gasteiger partial charge in [-0.05, 0) is 79.6 Å². The van der Waals surface area contributed by atoms with Crippen molar-refractivity contribution in [3.63, 3.8) is 0 Å². The number of hydrogen-bond acceptors (Lipinski definition) is 5. The van der Waals surface area contributed by atoms with Crippen LogP contribution in [-0.2, 0) is 14.9 Å². The van der Waals surface area contributed by atoms with Gasteiger partial charge in [0.25, 0.3) is 0 Å². The Labute approximate surface area is 197 Å². The second-order valence-corrected chi connectivity index (χ2v) is 11.3. The van der Waals surface area contributed by atoms with Crippen LogP contribution in [0.5, 0.6) is 0 Å². The Morgan fingerprint density at radius 2 is 1.84 bits per heavy atom. The fourth-order valence-electron chi connectivity index (χ4n) is 6.99. The molecule has 1 aromatic carbocycles. The number of esters is 1. The van der Waals surface area contributed by atoms with Crippen LogP contribution >= 0.6 is 11.8 Å². The number of hydrogen-bond donors (Lipinski definition) is 0. The van der Waals surface area contributed by atoms with Crippen LogP contribution in [-0.4, -0.2) is 36.8 Å². The second kappa shape index (κ2) is 9.14. The molecule has 1 heterocycles. The molecule has 2 fully saturated rings. The molecule has 2 aliphatic carbocycles. The van der Waals surface area contributed by atoms with E-state index in [1.165, 1.54) is 49.4 Å². The maximum atomic E-state index is 12.9. The molecule has 0 spiro atoms. The number of nitrogens with zero attached hydrogens (tertiary/aromatic N) is 2. The van der Waals surface area contributed by atoms with Crippen LogP contribution in [0.15, 0.2) is 34.9 Å². The number of ether oxygens (including phenoxy) is 1. The van der Waals surface area contributed by atoms with Crippen LogP contribution in [0.4, 0.5) is 0 Å². The summed E-state index contributed by atoms with van der Waals surface area (Å²) in [7, 11) is 1.89. The van der Waals surface area contributed by atoms with Gasteiger partial charge in [-0.2, -0.15) is 5.26 Å². The van der Waals surface area contributed by atoms with Gasteiger partial charge < -0.3 is 9.64 Å². The van der Waals surface area contributed by atoms with Crippen LogP contribution in [0.1, 0.15) is 69.9 Å². The molecule has 32 heavy (non-hydrogen) atoms. The topological polar surface area (TPSA) is 53.3 Å². The molecule has 2 saturated carbocycles. The maximum Gasteiger partial charge on any atom is 0.329 e. The number of nitriles is 1.